The summed E-state index contributed by atoms with van der Waals surface area (Å²) < 4.78 is 0. The zero-order valence-electron chi connectivity index (χ0n) is 7.26. The molecule has 0 atom stereocenters. The Balaban J connectivity index is 2.83. The van der Waals surface area contributed by atoms with Crippen LogP contribution in [-0.2, 0) is 6.42 Å². The fourth-order valence-electron chi connectivity index (χ4n) is 1.52. The maximum atomic E-state index is 4.04. The number of benzene rings is 1. The Morgan fingerprint density at radius 3 is 3.00 bits per heavy atom. The number of fused-ring (bicyclic) bond motifs is 1. The number of H-pyrrole nitrogens is 1. The first-order chi connectivity index (χ1) is 5.83. The number of hydrogen-bond acceptors (Lipinski definition) is 2. The Kier molecular flexibility index (Phi) is 1.57. The highest BCUT2D eigenvalue weighted by Crippen LogP contribution is 2.18. The van der Waals surface area contributed by atoms with Crippen molar-refractivity contribution in [3.05, 3.63) is 23.3 Å². The van der Waals surface area contributed by atoms with Gasteiger partial charge in [-0.3, -0.25) is 5.10 Å². The fraction of sp³-hybridized carbons (Fsp3) is 0.333. The van der Waals surface area contributed by atoms with Crippen molar-refractivity contribution >= 4 is 11.0 Å². The van der Waals surface area contributed by atoms with Crippen LogP contribution < -0.4 is 0 Å². The van der Waals surface area contributed by atoms with Crippen LogP contribution in [0, 0.1) is 6.92 Å². The van der Waals surface area contributed by atoms with Crippen LogP contribution in [0.25, 0.3) is 11.0 Å². The molecule has 3 heteroatoms. The third kappa shape index (κ3) is 0.897. The molecule has 1 aromatic heterocycles. The van der Waals surface area contributed by atoms with Crippen molar-refractivity contribution in [2.45, 2.75) is 20.3 Å². The summed E-state index contributed by atoms with van der Waals surface area (Å²) in [6.07, 6.45) is 1.01. The lowest BCUT2D eigenvalue weighted by atomic mass is 10.1. The van der Waals surface area contributed by atoms with Gasteiger partial charge in [0.2, 0.25) is 0 Å². The Morgan fingerprint density at radius 1 is 1.42 bits per heavy atom. The monoisotopic (exact) mass is 161 g/mol. The first kappa shape index (κ1) is 7.28. The Labute approximate surface area is 70.8 Å². The highest BCUT2D eigenvalue weighted by molar-refractivity contribution is 5.78. The van der Waals surface area contributed by atoms with Crippen molar-refractivity contribution in [1.82, 2.24) is 15.4 Å². The van der Waals surface area contributed by atoms with Gasteiger partial charge in [0.1, 0.15) is 5.52 Å². The molecular formula is C9H11N3. The molecule has 12 heavy (non-hydrogen) atoms. The van der Waals surface area contributed by atoms with E-state index < -0.39 is 0 Å². The molecule has 0 unspecified atom stereocenters. The SMILES string of the molecule is CCc1c(C)ccc2[nH]nnc12. The average Bonchev–Trinajstić information content (AvgIpc) is 2.52. The molecule has 1 heterocycles. The molecular weight excluding hydrogens is 150 g/mol. The minimum atomic E-state index is 1.01. The van der Waals surface area contributed by atoms with Crippen LogP contribution in [-0.4, -0.2) is 15.4 Å². The smallest absolute Gasteiger partial charge is 0.116 e. The quantitative estimate of drug-likeness (QED) is 0.693. The molecule has 0 amide bonds. The highest BCUT2D eigenvalue weighted by atomic mass is 15.3. The van der Waals surface area contributed by atoms with E-state index in [-0.39, 0.29) is 0 Å². The van der Waals surface area contributed by atoms with Crippen LogP contribution in [0.15, 0.2) is 12.1 Å². The van der Waals surface area contributed by atoms with Crippen molar-refractivity contribution in [3.8, 4) is 0 Å². The molecule has 62 valence electrons. The van der Waals surface area contributed by atoms with Gasteiger partial charge in [-0.05, 0) is 30.5 Å². The summed E-state index contributed by atoms with van der Waals surface area (Å²) in [6, 6.07) is 4.12. The maximum Gasteiger partial charge on any atom is 0.116 e. The average molecular weight is 161 g/mol. The second-order valence-electron chi connectivity index (χ2n) is 2.92. The van der Waals surface area contributed by atoms with Gasteiger partial charge in [-0.15, -0.1) is 5.10 Å². The number of aromatic nitrogens is 3. The second-order valence-corrected chi connectivity index (χ2v) is 2.92. The summed E-state index contributed by atoms with van der Waals surface area (Å²) in [4.78, 5) is 0. The summed E-state index contributed by atoms with van der Waals surface area (Å²) in [7, 11) is 0. The van der Waals surface area contributed by atoms with E-state index in [1.807, 2.05) is 6.07 Å². The van der Waals surface area contributed by atoms with Crippen LogP contribution in [0.4, 0.5) is 0 Å². The minimum absolute atomic E-state index is 1.01. The van der Waals surface area contributed by atoms with Crippen LogP contribution >= 0.6 is 0 Å². The van der Waals surface area contributed by atoms with E-state index in [4.69, 9.17) is 0 Å². The molecule has 2 aromatic rings. The lowest BCUT2D eigenvalue weighted by molar-refractivity contribution is 0.955. The largest absolute Gasteiger partial charge is 0.258 e. The third-order valence-electron chi connectivity index (χ3n) is 2.19. The molecule has 0 saturated heterocycles. The predicted octanol–water partition coefficient (Wildman–Crippen LogP) is 1.83. The van der Waals surface area contributed by atoms with Gasteiger partial charge in [0.15, 0.2) is 0 Å². The standard InChI is InChI=1S/C9H11N3/c1-3-7-6(2)4-5-8-9(7)11-12-10-8/h4-5H,3H2,1-2H3,(H,10,11,12). The van der Waals surface area contributed by atoms with Crippen LogP contribution in [0.5, 0.6) is 0 Å². The van der Waals surface area contributed by atoms with Gasteiger partial charge < -0.3 is 0 Å². The van der Waals surface area contributed by atoms with E-state index in [9.17, 15) is 0 Å². The number of nitrogens with one attached hydrogen (secondary N) is 1. The molecule has 0 aliphatic carbocycles. The molecule has 0 fully saturated rings. The first-order valence-electron chi connectivity index (χ1n) is 4.12. The van der Waals surface area contributed by atoms with Crippen LogP contribution in [0.3, 0.4) is 0 Å². The van der Waals surface area contributed by atoms with Crippen LogP contribution in [0.1, 0.15) is 18.1 Å². The molecule has 2 rings (SSSR count). The Morgan fingerprint density at radius 2 is 2.25 bits per heavy atom. The van der Waals surface area contributed by atoms with E-state index in [0.29, 0.717) is 0 Å². The zero-order chi connectivity index (χ0) is 8.55. The van der Waals surface area contributed by atoms with Crippen molar-refractivity contribution < 1.29 is 0 Å². The van der Waals surface area contributed by atoms with E-state index in [2.05, 4.69) is 35.3 Å². The van der Waals surface area contributed by atoms with E-state index in [1.54, 1.807) is 0 Å². The van der Waals surface area contributed by atoms with Gasteiger partial charge in [0.05, 0.1) is 5.52 Å². The Bertz CT molecular complexity index is 403. The minimum Gasteiger partial charge on any atom is -0.258 e. The van der Waals surface area contributed by atoms with Gasteiger partial charge >= 0.3 is 0 Å². The van der Waals surface area contributed by atoms with Crippen molar-refractivity contribution in [1.29, 1.82) is 0 Å². The molecule has 1 aromatic carbocycles. The van der Waals surface area contributed by atoms with Crippen molar-refractivity contribution in [2.24, 2.45) is 0 Å². The molecule has 1 N–H and O–H groups in total. The molecule has 3 nitrogen and oxygen atoms in total. The van der Waals surface area contributed by atoms with Crippen molar-refractivity contribution in [2.75, 3.05) is 0 Å². The normalized spacial score (nSPS) is 10.8. The summed E-state index contributed by atoms with van der Waals surface area (Å²) >= 11 is 0. The lowest BCUT2D eigenvalue weighted by Crippen LogP contribution is -1.87. The predicted molar refractivity (Wildman–Crippen MR) is 48.0 cm³/mol. The topological polar surface area (TPSA) is 41.6 Å². The van der Waals surface area contributed by atoms with Gasteiger partial charge in [-0.25, -0.2) is 0 Å². The first-order valence-corrected chi connectivity index (χ1v) is 4.12. The number of aryl methyl sites for hydroxylation is 2. The lowest BCUT2D eigenvalue weighted by Gasteiger charge is -2.01. The van der Waals surface area contributed by atoms with Crippen molar-refractivity contribution in [3.63, 3.8) is 0 Å². The molecule has 0 radical (unpaired) electrons. The number of nitrogens with zero attached hydrogens (tertiary/aromatic N) is 2. The molecule has 0 bridgehead atoms. The summed E-state index contributed by atoms with van der Waals surface area (Å²) in [6.45, 7) is 4.24. The number of rotatable bonds is 1. The van der Waals surface area contributed by atoms with E-state index in [0.717, 1.165) is 17.5 Å². The molecule has 0 aliphatic rings. The second kappa shape index (κ2) is 2.59. The number of aromatic amines is 1. The number of hydrogen-bond donors (Lipinski definition) is 1. The van der Waals surface area contributed by atoms with Gasteiger partial charge in [0, 0.05) is 0 Å². The zero-order valence-corrected chi connectivity index (χ0v) is 7.26. The molecule has 0 saturated carbocycles. The Hall–Kier alpha value is -1.38. The molecule has 0 spiro atoms. The van der Waals surface area contributed by atoms with Crippen LogP contribution in [0.2, 0.25) is 0 Å². The summed E-state index contributed by atoms with van der Waals surface area (Å²) in [5, 5.41) is 10.7. The summed E-state index contributed by atoms with van der Waals surface area (Å²) in [5.41, 5.74) is 4.62. The fourth-order valence-corrected chi connectivity index (χ4v) is 1.52. The highest BCUT2D eigenvalue weighted by Gasteiger charge is 2.04. The summed E-state index contributed by atoms with van der Waals surface area (Å²) in [5.74, 6) is 0. The third-order valence-corrected chi connectivity index (χ3v) is 2.19. The van der Waals surface area contributed by atoms with Gasteiger partial charge in [-0.2, -0.15) is 0 Å². The maximum absolute atomic E-state index is 4.04. The van der Waals surface area contributed by atoms with Gasteiger partial charge in [0.25, 0.3) is 0 Å². The molecule has 0 aliphatic heterocycles. The van der Waals surface area contributed by atoms with E-state index >= 15 is 0 Å². The van der Waals surface area contributed by atoms with E-state index in [1.165, 1.54) is 11.1 Å². The van der Waals surface area contributed by atoms with Gasteiger partial charge in [-0.1, -0.05) is 18.2 Å².